The molecule has 0 unspecified atom stereocenters. The van der Waals surface area contributed by atoms with Crippen molar-refractivity contribution in [2.45, 2.75) is 26.2 Å². The van der Waals surface area contributed by atoms with Gasteiger partial charge in [0.15, 0.2) is 0 Å². The quantitative estimate of drug-likeness (QED) is 0.858. The van der Waals surface area contributed by atoms with Crippen LogP contribution in [0.25, 0.3) is 10.9 Å². The third kappa shape index (κ3) is 2.21. The highest BCUT2D eigenvalue weighted by Gasteiger charge is 2.21. The standard InChI is InChI=1S/C14H17NO2/c16-8-12-7-15(10-17-9-11-5-6-11)14-4-2-1-3-13(12)14/h1-4,7,11,16H,5-6,8-10H2. The second-order valence-electron chi connectivity index (χ2n) is 4.74. The molecule has 1 aromatic carbocycles. The van der Waals surface area contributed by atoms with Crippen molar-refractivity contribution in [3.63, 3.8) is 0 Å². The molecule has 0 saturated heterocycles. The Bertz CT molecular complexity index is 514. The van der Waals surface area contributed by atoms with Crippen LogP contribution in [0.15, 0.2) is 30.5 Å². The first-order chi connectivity index (χ1) is 8.38. The van der Waals surface area contributed by atoms with Gasteiger partial charge in [0.25, 0.3) is 0 Å². The van der Waals surface area contributed by atoms with E-state index in [2.05, 4.69) is 10.6 Å². The number of ether oxygens (including phenoxy) is 1. The molecule has 0 radical (unpaired) electrons. The van der Waals surface area contributed by atoms with Gasteiger partial charge in [-0.3, -0.25) is 0 Å². The van der Waals surface area contributed by atoms with E-state index in [-0.39, 0.29) is 6.61 Å². The Morgan fingerprint density at radius 2 is 2.12 bits per heavy atom. The molecule has 1 fully saturated rings. The van der Waals surface area contributed by atoms with E-state index in [0.717, 1.165) is 29.0 Å². The van der Waals surface area contributed by atoms with Crippen molar-refractivity contribution in [1.29, 1.82) is 0 Å². The third-order valence-electron chi connectivity index (χ3n) is 3.32. The van der Waals surface area contributed by atoms with Crippen LogP contribution in [0.4, 0.5) is 0 Å². The van der Waals surface area contributed by atoms with E-state index in [4.69, 9.17) is 4.74 Å². The van der Waals surface area contributed by atoms with E-state index in [1.165, 1.54) is 12.8 Å². The third-order valence-corrected chi connectivity index (χ3v) is 3.32. The number of hydrogen-bond acceptors (Lipinski definition) is 2. The fourth-order valence-corrected chi connectivity index (χ4v) is 2.16. The maximum atomic E-state index is 9.32. The van der Waals surface area contributed by atoms with Gasteiger partial charge in [-0.25, -0.2) is 0 Å². The van der Waals surface area contributed by atoms with Gasteiger partial charge in [-0.2, -0.15) is 0 Å². The van der Waals surface area contributed by atoms with Gasteiger partial charge < -0.3 is 14.4 Å². The molecule has 1 aliphatic carbocycles. The summed E-state index contributed by atoms with van der Waals surface area (Å²) in [4.78, 5) is 0. The van der Waals surface area contributed by atoms with Crippen LogP contribution in [0, 0.1) is 5.92 Å². The molecule has 0 amide bonds. The number of fused-ring (bicyclic) bond motifs is 1. The molecule has 3 heteroatoms. The Kier molecular flexibility index (Phi) is 2.87. The van der Waals surface area contributed by atoms with Crippen molar-refractivity contribution < 1.29 is 9.84 Å². The lowest BCUT2D eigenvalue weighted by atomic mass is 10.2. The summed E-state index contributed by atoms with van der Waals surface area (Å²) < 4.78 is 7.76. The zero-order chi connectivity index (χ0) is 11.7. The van der Waals surface area contributed by atoms with Gasteiger partial charge in [-0.15, -0.1) is 0 Å². The summed E-state index contributed by atoms with van der Waals surface area (Å²) in [5, 5.41) is 10.4. The minimum atomic E-state index is 0.0795. The molecule has 3 rings (SSSR count). The van der Waals surface area contributed by atoms with Gasteiger partial charge in [-0.05, 0) is 24.8 Å². The van der Waals surface area contributed by atoms with Crippen molar-refractivity contribution in [2.75, 3.05) is 6.61 Å². The minimum Gasteiger partial charge on any atom is -0.392 e. The molecule has 90 valence electrons. The van der Waals surface area contributed by atoms with E-state index >= 15 is 0 Å². The number of benzene rings is 1. The van der Waals surface area contributed by atoms with Crippen molar-refractivity contribution in [2.24, 2.45) is 5.92 Å². The van der Waals surface area contributed by atoms with E-state index in [9.17, 15) is 5.11 Å². The van der Waals surface area contributed by atoms with E-state index in [1.54, 1.807) is 0 Å². The van der Waals surface area contributed by atoms with Crippen LogP contribution < -0.4 is 0 Å². The smallest absolute Gasteiger partial charge is 0.122 e. The number of aliphatic hydroxyl groups excluding tert-OH is 1. The highest BCUT2D eigenvalue weighted by molar-refractivity contribution is 5.83. The fraction of sp³-hybridized carbons (Fsp3) is 0.429. The molecule has 0 atom stereocenters. The van der Waals surface area contributed by atoms with Crippen LogP contribution in [-0.4, -0.2) is 16.3 Å². The summed E-state index contributed by atoms with van der Waals surface area (Å²) in [6.45, 7) is 1.52. The molecule has 1 N–H and O–H groups in total. The van der Waals surface area contributed by atoms with Gasteiger partial charge >= 0.3 is 0 Å². The predicted octanol–water partition coefficient (Wildman–Crippen LogP) is 2.52. The average molecular weight is 231 g/mol. The predicted molar refractivity (Wildman–Crippen MR) is 66.5 cm³/mol. The molecular weight excluding hydrogens is 214 g/mol. The molecule has 1 heterocycles. The summed E-state index contributed by atoms with van der Waals surface area (Å²) in [7, 11) is 0. The van der Waals surface area contributed by atoms with Gasteiger partial charge in [0.2, 0.25) is 0 Å². The molecule has 0 spiro atoms. The summed E-state index contributed by atoms with van der Waals surface area (Å²) in [6.07, 6.45) is 4.61. The normalized spacial score (nSPS) is 15.6. The molecule has 0 bridgehead atoms. The zero-order valence-electron chi connectivity index (χ0n) is 9.80. The maximum Gasteiger partial charge on any atom is 0.122 e. The Morgan fingerprint density at radius 1 is 1.29 bits per heavy atom. The van der Waals surface area contributed by atoms with E-state index < -0.39 is 0 Å². The number of rotatable bonds is 5. The summed E-state index contributed by atoms with van der Waals surface area (Å²) >= 11 is 0. The van der Waals surface area contributed by atoms with Crippen molar-refractivity contribution in [3.05, 3.63) is 36.0 Å². The van der Waals surface area contributed by atoms with Crippen molar-refractivity contribution >= 4 is 10.9 Å². The zero-order valence-corrected chi connectivity index (χ0v) is 9.80. The Balaban J connectivity index is 1.81. The lowest BCUT2D eigenvalue weighted by molar-refractivity contribution is 0.0716. The second-order valence-corrected chi connectivity index (χ2v) is 4.74. The van der Waals surface area contributed by atoms with Crippen molar-refractivity contribution in [1.82, 2.24) is 4.57 Å². The van der Waals surface area contributed by atoms with Crippen LogP contribution in [0.2, 0.25) is 0 Å². The first kappa shape index (κ1) is 10.8. The van der Waals surface area contributed by atoms with Crippen LogP contribution in [0.5, 0.6) is 0 Å². The first-order valence-electron chi connectivity index (χ1n) is 6.14. The Hall–Kier alpha value is -1.32. The second kappa shape index (κ2) is 4.51. The largest absolute Gasteiger partial charge is 0.392 e. The van der Waals surface area contributed by atoms with Crippen LogP contribution in [-0.2, 0) is 18.1 Å². The molecule has 2 aromatic rings. The number of aromatic nitrogens is 1. The van der Waals surface area contributed by atoms with Gasteiger partial charge in [0.1, 0.15) is 6.73 Å². The Labute approximate surface area is 101 Å². The number of hydrogen-bond donors (Lipinski definition) is 1. The number of aliphatic hydroxyl groups is 1. The first-order valence-corrected chi connectivity index (χ1v) is 6.14. The topological polar surface area (TPSA) is 34.4 Å². The molecule has 1 aromatic heterocycles. The maximum absolute atomic E-state index is 9.32. The molecule has 1 aliphatic rings. The van der Waals surface area contributed by atoms with Crippen LogP contribution in [0.1, 0.15) is 18.4 Å². The summed E-state index contributed by atoms with van der Waals surface area (Å²) in [5.41, 5.74) is 2.10. The highest BCUT2D eigenvalue weighted by atomic mass is 16.5. The molecule has 0 aliphatic heterocycles. The molecule has 3 nitrogen and oxygen atoms in total. The minimum absolute atomic E-state index is 0.0795. The highest BCUT2D eigenvalue weighted by Crippen LogP contribution is 2.29. The molecule has 17 heavy (non-hydrogen) atoms. The van der Waals surface area contributed by atoms with E-state index in [0.29, 0.717) is 6.73 Å². The van der Waals surface area contributed by atoms with Crippen LogP contribution >= 0.6 is 0 Å². The molecular formula is C14H17NO2. The van der Waals surface area contributed by atoms with Crippen LogP contribution in [0.3, 0.4) is 0 Å². The lowest BCUT2D eigenvalue weighted by Crippen LogP contribution is -2.03. The van der Waals surface area contributed by atoms with Gasteiger partial charge in [0.05, 0.1) is 18.7 Å². The number of nitrogens with zero attached hydrogens (tertiary/aromatic N) is 1. The van der Waals surface area contributed by atoms with Gasteiger partial charge in [0, 0.05) is 17.1 Å². The molecule has 1 saturated carbocycles. The summed E-state index contributed by atoms with van der Waals surface area (Å²) in [6, 6.07) is 8.12. The van der Waals surface area contributed by atoms with E-state index in [1.807, 2.05) is 24.4 Å². The summed E-state index contributed by atoms with van der Waals surface area (Å²) in [5.74, 6) is 0.786. The number of para-hydroxylation sites is 1. The SMILES string of the molecule is OCc1cn(COCC2CC2)c2ccccc12. The lowest BCUT2D eigenvalue weighted by Gasteiger charge is -2.06. The average Bonchev–Trinajstić information content (AvgIpc) is 3.11. The Morgan fingerprint density at radius 3 is 2.88 bits per heavy atom. The monoisotopic (exact) mass is 231 g/mol. The van der Waals surface area contributed by atoms with Crippen molar-refractivity contribution in [3.8, 4) is 0 Å². The fourth-order valence-electron chi connectivity index (χ4n) is 2.16. The van der Waals surface area contributed by atoms with Gasteiger partial charge in [-0.1, -0.05) is 18.2 Å².